The minimum absolute atomic E-state index is 0.379. The first-order valence-electron chi connectivity index (χ1n) is 3.99. The molecule has 0 atom stereocenters. The second kappa shape index (κ2) is 3.90. The van der Waals surface area contributed by atoms with E-state index in [0.29, 0.717) is 6.54 Å². The molecule has 0 radical (unpaired) electrons. The Labute approximate surface area is 72.6 Å². The molecule has 1 rings (SSSR count). The maximum absolute atomic E-state index is 10.1. The van der Waals surface area contributed by atoms with Gasteiger partial charge >= 0.3 is 0 Å². The molecule has 2 nitrogen and oxygen atoms in total. The van der Waals surface area contributed by atoms with E-state index in [9.17, 15) is 4.79 Å². The first kappa shape index (κ1) is 8.78. The molecule has 0 amide bonds. The van der Waals surface area contributed by atoms with Crippen molar-refractivity contribution in [2.45, 2.75) is 13.8 Å². The molecule has 0 unspecified atom stereocenters. The molecular weight excluding hydrogens is 150 g/mol. The summed E-state index contributed by atoms with van der Waals surface area (Å²) in [6.07, 6.45) is 0.863. The van der Waals surface area contributed by atoms with Crippen molar-refractivity contribution in [1.82, 2.24) is 0 Å². The van der Waals surface area contributed by atoms with Crippen molar-refractivity contribution in [2.75, 3.05) is 11.9 Å². The van der Waals surface area contributed by atoms with Gasteiger partial charge in [-0.1, -0.05) is 12.1 Å². The number of carbonyl (C=O) groups is 1. The normalized spacial score (nSPS) is 9.50. The largest absolute Gasteiger partial charge is 0.378 e. The number of nitrogens with one attached hydrogen (secondary N) is 1. The molecule has 12 heavy (non-hydrogen) atoms. The third-order valence-corrected chi connectivity index (χ3v) is 1.77. The van der Waals surface area contributed by atoms with Crippen LogP contribution in [0.3, 0.4) is 0 Å². The highest BCUT2D eigenvalue weighted by atomic mass is 16.1. The highest BCUT2D eigenvalue weighted by Gasteiger charge is 1.95. The summed E-state index contributed by atoms with van der Waals surface area (Å²) in [5, 5.41) is 3.04. The number of aryl methyl sites for hydroxylation is 2. The van der Waals surface area contributed by atoms with E-state index >= 15 is 0 Å². The van der Waals surface area contributed by atoms with Crippen LogP contribution < -0.4 is 5.32 Å². The van der Waals surface area contributed by atoms with E-state index in [4.69, 9.17) is 0 Å². The number of anilines is 1. The van der Waals surface area contributed by atoms with Crippen LogP contribution >= 0.6 is 0 Å². The van der Waals surface area contributed by atoms with E-state index in [1.165, 1.54) is 11.1 Å². The molecule has 64 valence electrons. The van der Waals surface area contributed by atoms with Crippen LogP contribution in [0.1, 0.15) is 11.1 Å². The number of aldehydes is 1. The molecule has 0 fully saturated rings. The van der Waals surface area contributed by atoms with Crippen molar-refractivity contribution < 1.29 is 4.79 Å². The van der Waals surface area contributed by atoms with Gasteiger partial charge < -0.3 is 10.1 Å². The predicted molar refractivity (Wildman–Crippen MR) is 50.5 cm³/mol. The summed E-state index contributed by atoms with van der Waals surface area (Å²) in [5.41, 5.74) is 3.42. The van der Waals surface area contributed by atoms with E-state index in [1.807, 2.05) is 26.0 Å². The highest BCUT2D eigenvalue weighted by Crippen LogP contribution is 2.15. The fourth-order valence-corrected chi connectivity index (χ4v) is 1.08. The van der Waals surface area contributed by atoms with E-state index < -0.39 is 0 Å². The SMILES string of the molecule is Cc1ccc(C)c(NCC=O)c1. The Balaban J connectivity index is 2.82. The molecule has 0 aromatic heterocycles. The van der Waals surface area contributed by atoms with Crippen molar-refractivity contribution in [3.05, 3.63) is 29.3 Å². The highest BCUT2D eigenvalue weighted by molar-refractivity contribution is 5.61. The minimum atomic E-state index is 0.379. The topological polar surface area (TPSA) is 29.1 Å². The summed E-state index contributed by atoms with van der Waals surface area (Å²) in [6.45, 7) is 4.43. The van der Waals surface area contributed by atoms with Gasteiger partial charge in [0.2, 0.25) is 0 Å². The summed E-state index contributed by atoms with van der Waals surface area (Å²) in [4.78, 5) is 10.1. The molecular formula is C10H13NO. The van der Waals surface area contributed by atoms with Crippen LogP contribution in [-0.2, 0) is 4.79 Å². The van der Waals surface area contributed by atoms with Crippen molar-refractivity contribution in [1.29, 1.82) is 0 Å². The molecule has 0 saturated heterocycles. The first-order valence-corrected chi connectivity index (χ1v) is 3.99. The van der Waals surface area contributed by atoms with E-state index in [2.05, 4.69) is 11.4 Å². The molecule has 0 heterocycles. The molecule has 0 aliphatic rings. The lowest BCUT2D eigenvalue weighted by molar-refractivity contribution is -0.106. The van der Waals surface area contributed by atoms with Crippen LogP contribution in [0.2, 0.25) is 0 Å². The maximum Gasteiger partial charge on any atom is 0.139 e. The minimum Gasteiger partial charge on any atom is -0.378 e. The number of hydrogen-bond donors (Lipinski definition) is 1. The van der Waals surface area contributed by atoms with Gasteiger partial charge in [-0.3, -0.25) is 0 Å². The number of benzene rings is 1. The van der Waals surface area contributed by atoms with E-state index in [0.717, 1.165) is 12.0 Å². The Hall–Kier alpha value is -1.31. The van der Waals surface area contributed by atoms with Crippen molar-refractivity contribution >= 4 is 12.0 Å². The molecule has 0 bridgehead atoms. The third kappa shape index (κ3) is 2.09. The van der Waals surface area contributed by atoms with E-state index in [-0.39, 0.29) is 0 Å². The summed E-state index contributed by atoms with van der Waals surface area (Å²) in [6, 6.07) is 6.14. The van der Waals surface area contributed by atoms with Gasteiger partial charge in [-0.15, -0.1) is 0 Å². The van der Waals surface area contributed by atoms with Gasteiger partial charge in [-0.2, -0.15) is 0 Å². The van der Waals surface area contributed by atoms with Gasteiger partial charge in [0.05, 0.1) is 6.54 Å². The Morgan fingerprint density at radius 3 is 2.83 bits per heavy atom. The first-order chi connectivity index (χ1) is 5.74. The van der Waals surface area contributed by atoms with Crippen molar-refractivity contribution in [3.63, 3.8) is 0 Å². The molecule has 1 N–H and O–H groups in total. The summed E-state index contributed by atoms with van der Waals surface area (Å²) >= 11 is 0. The Bertz CT molecular complexity index is 281. The second-order valence-electron chi connectivity index (χ2n) is 2.87. The zero-order valence-electron chi connectivity index (χ0n) is 7.42. The van der Waals surface area contributed by atoms with Crippen LogP contribution in [0.5, 0.6) is 0 Å². The van der Waals surface area contributed by atoms with Crippen LogP contribution in [0, 0.1) is 13.8 Å². The maximum atomic E-state index is 10.1. The van der Waals surface area contributed by atoms with Gasteiger partial charge in [0.15, 0.2) is 0 Å². The fourth-order valence-electron chi connectivity index (χ4n) is 1.08. The van der Waals surface area contributed by atoms with E-state index in [1.54, 1.807) is 0 Å². The lowest BCUT2D eigenvalue weighted by Gasteiger charge is -2.06. The van der Waals surface area contributed by atoms with Crippen molar-refractivity contribution in [2.24, 2.45) is 0 Å². The molecule has 1 aromatic rings. The quantitative estimate of drug-likeness (QED) is 0.690. The summed E-state index contributed by atoms with van der Waals surface area (Å²) < 4.78 is 0. The summed E-state index contributed by atoms with van der Waals surface area (Å²) in [7, 11) is 0. The molecule has 2 heteroatoms. The predicted octanol–water partition coefficient (Wildman–Crippen LogP) is 1.91. The van der Waals surface area contributed by atoms with Crippen LogP contribution in [-0.4, -0.2) is 12.8 Å². The lowest BCUT2D eigenvalue weighted by Crippen LogP contribution is -2.03. The average Bonchev–Trinajstić information content (AvgIpc) is 2.07. The van der Waals surface area contributed by atoms with Crippen LogP contribution in [0.25, 0.3) is 0 Å². The molecule has 1 aromatic carbocycles. The van der Waals surface area contributed by atoms with Gasteiger partial charge in [0.25, 0.3) is 0 Å². The van der Waals surface area contributed by atoms with Gasteiger partial charge in [0, 0.05) is 5.69 Å². The van der Waals surface area contributed by atoms with Crippen molar-refractivity contribution in [3.8, 4) is 0 Å². The smallest absolute Gasteiger partial charge is 0.139 e. The van der Waals surface area contributed by atoms with Gasteiger partial charge in [-0.25, -0.2) is 0 Å². The second-order valence-corrected chi connectivity index (χ2v) is 2.87. The number of rotatable bonds is 3. The Kier molecular flexibility index (Phi) is 2.86. The zero-order valence-corrected chi connectivity index (χ0v) is 7.42. The average molecular weight is 163 g/mol. The van der Waals surface area contributed by atoms with Crippen LogP contribution in [0.15, 0.2) is 18.2 Å². The monoisotopic (exact) mass is 163 g/mol. The number of hydrogen-bond acceptors (Lipinski definition) is 2. The van der Waals surface area contributed by atoms with Gasteiger partial charge in [0.1, 0.15) is 6.29 Å². The number of carbonyl (C=O) groups excluding carboxylic acids is 1. The molecule has 0 saturated carbocycles. The molecule has 0 spiro atoms. The lowest BCUT2D eigenvalue weighted by atomic mass is 10.1. The Morgan fingerprint density at radius 2 is 2.17 bits per heavy atom. The third-order valence-electron chi connectivity index (χ3n) is 1.77. The fraction of sp³-hybridized carbons (Fsp3) is 0.300. The zero-order chi connectivity index (χ0) is 8.97. The molecule has 0 aliphatic heterocycles. The standard InChI is InChI=1S/C10H13NO/c1-8-3-4-9(2)10(7-8)11-5-6-12/h3-4,6-7,11H,5H2,1-2H3. The molecule has 0 aliphatic carbocycles. The van der Waals surface area contributed by atoms with Crippen LogP contribution in [0.4, 0.5) is 5.69 Å². The summed E-state index contributed by atoms with van der Waals surface area (Å²) in [5.74, 6) is 0. The Morgan fingerprint density at radius 1 is 1.42 bits per heavy atom. The van der Waals surface area contributed by atoms with Gasteiger partial charge in [-0.05, 0) is 31.0 Å².